The van der Waals surface area contributed by atoms with Gasteiger partial charge in [-0.25, -0.2) is 0 Å². The topological polar surface area (TPSA) is 64.8 Å². The minimum atomic E-state index is -0.171. The molecule has 0 spiro atoms. The first-order chi connectivity index (χ1) is 7.20. The maximum absolute atomic E-state index is 12.1. The summed E-state index contributed by atoms with van der Waals surface area (Å²) < 4.78 is 10.5. The number of nitrogens with zero attached hydrogens (tertiary/aromatic N) is 1. The van der Waals surface area contributed by atoms with Crippen LogP contribution in [0.15, 0.2) is 0 Å². The summed E-state index contributed by atoms with van der Waals surface area (Å²) in [6.45, 7) is 2.34. The summed E-state index contributed by atoms with van der Waals surface area (Å²) in [7, 11) is 1.83. The van der Waals surface area contributed by atoms with Crippen molar-refractivity contribution in [1.29, 1.82) is 0 Å². The van der Waals surface area contributed by atoms with Gasteiger partial charge in [-0.15, -0.1) is 0 Å². The Labute approximate surface area is 89.5 Å². The van der Waals surface area contributed by atoms with Crippen LogP contribution in [0.1, 0.15) is 6.42 Å². The van der Waals surface area contributed by atoms with Crippen LogP contribution in [0, 0.1) is 5.92 Å². The number of likely N-dealkylation sites (N-methyl/N-ethyl adjacent to an activating group) is 1. The molecule has 86 valence electrons. The number of nitrogens with two attached hydrogens (primary N) is 1. The summed E-state index contributed by atoms with van der Waals surface area (Å²) in [5.74, 6) is -0.0777. The van der Waals surface area contributed by atoms with E-state index < -0.39 is 0 Å². The second kappa shape index (κ2) is 4.47. The number of hydrogen-bond acceptors (Lipinski definition) is 4. The summed E-state index contributed by atoms with van der Waals surface area (Å²) in [6, 6.07) is 0.0626. The Morgan fingerprint density at radius 1 is 1.33 bits per heavy atom. The maximum Gasteiger partial charge on any atom is 0.229 e. The largest absolute Gasteiger partial charge is 0.379 e. The standard InChI is InChI=1S/C10H18N2O3/c1-12(7-2-3-14-4-7)10(13)8-5-15-6-9(8)11/h7-9H,2-6,11H2,1H3. The van der Waals surface area contributed by atoms with Crippen molar-refractivity contribution in [1.82, 2.24) is 4.90 Å². The maximum atomic E-state index is 12.1. The fraction of sp³-hybridized carbons (Fsp3) is 0.900. The molecule has 0 radical (unpaired) electrons. The SMILES string of the molecule is CN(C(=O)C1COCC1N)C1CCOC1. The summed E-state index contributed by atoms with van der Waals surface area (Å²) in [5, 5.41) is 0. The minimum Gasteiger partial charge on any atom is -0.379 e. The Morgan fingerprint density at radius 3 is 2.67 bits per heavy atom. The van der Waals surface area contributed by atoms with Gasteiger partial charge < -0.3 is 20.1 Å². The molecule has 1 amide bonds. The lowest BCUT2D eigenvalue weighted by Gasteiger charge is -2.26. The van der Waals surface area contributed by atoms with Gasteiger partial charge in [0.25, 0.3) is 0 Å². The van der Waals surface area contributed by atoms with E-state index in [4.69, 9.17) is 15.2 Å². The van der Waals surface area contributed by atoms with Crippen LogP contribution >= 0.6 is 0 Å². The first-order valence-corrected chi connectivity index (χ1v) is 5.38. The Morgan fingerprint density at radius 2 is 2.13 bits per heavy atom. The van der Waals surface area contributed by atoms with Crippen molar-refractivity contribution in [2.45, 2.75) is 18.5 Å². The normalized spacial score (nSPS) is 35.7. The molecule has 5 nitrogen and oxygen atoms in total. The number of hydrogen-bond donors (Lipinski definition) is 1. The molecule has 0 bridgehead atoms. The Bertz CT molecular complexity index is 241. The molecule has 5 heteroatoms. The van der Waals surface area contributed by atoms with Crippen LogP contribution in [0.5, 0.6) is 0 Å². The molecule has 15 heavy (non-hydrogen) atoms. The van der Waals surface area contributed by atoms with E-state index in [1.54, 1.807) is 4.90 Å². The molecule has 2 saturated heterocycles. The Balaban J connectivity index is 1.94. The highest BCUT2D eigenvalue weighted by Gasteiger charge is 2.36. The molecule has 0 aromatic rings. The van der Waals surface area contributed by atoms with E-state index in [1.165, 1.54) is 0 Å². The summed E-state index contributed by atoms with van der Waals surface area (Å²) in [5.41, 5.74) is 5.81. The van der Waals surface area contributed by atoms with Gasteiger partial charge in [0, 0.05) is 19.7 Å². The van der Waals surface area contributed by atoms with Crippen molar-refractivity contribution < 1.29 is 14.3 Å². The van der Waals surface area contributed by atoms with Crippen LogP contribution in [0.4, 0.5) is 0 Å². The monoisotopic (exact) mass is 214 g/mol. The van der Waals surface area contributed by atoms with Gasteiger partial charge in [-0.1, -0.05) is 0 Å². The van der Waals surface area contributed by atoms with Crippen LogP contribution in [0.2, 0.25) is 0 Å². The number of ether oxygens (including phenoxy) is 2. The van der Waals surface area contributed by atoms with Crippen molar-refractivity contribution in [3.63, 3.8) is 0 Å². The average Bonchev–Trinajstić information content (AvgIpc) is 2.85. The molecule has 3 unspecified atom stereocenters. The molecule has 2 fully saturated rings. The van der Waals surface area contributed by atoms with Gasteiger partial charge in [-0.2, -0.15) is 0 Å². The lowest BCUT2D eigenvalue weighted by atomic mass is 10.0. The van der Waals surface area contributed by atoms with Crippen molar-refractivity contribution in [3.05, 3.63) is 0 Å². The molecular weight excluding hydrogens is 196 g/mol. The predicted molar refractivity (Wildman–Crippen MR) is 54.3 cm³/mol. The molecule has 2 aliphatic rings. The molecule has 3 atom stereocenters. The first-order valence-electron chi connectivity index (χ1n) is 5.38. The summed E-state index contributed by atoms with van der Waals surface area (Å²) >= 11 is 0. The van der Waals surface area contributed by atoms with Crippen LogP contribution in [-0.4, -0.2) is 56.4 Å². The Kier molecular flexibility index (Phi) is 3.23. The molecule has 0 aliphatic carbocycles. The minimum absolute atomic E-state index is 0.0931. The summed E-state index contributed by atoms with van der Waals surface area (Å²) in [6.07, 6.45) is 0.922. The number of carbonyl (C=O) groups is 1. The molecule has 2 rings (SSSR count). The first kappa shape index (κ1) is 10.9. The molecule has 2 N–H and O–H groups in total. The second-order valence-corrected chi connectivity index (χ2v) is 4.27. The van der Waals surface area contributed by atoms with Crippen LogP contribution < -0.4 is 5.73 Å². The zero-order valence-corrected chi connectivity index (χ0v) is 9.02. The highest BCUT2D eigenvalue weighted by molar-refractivity contribution is 5.80. The fourth-order valence-corrected chi connectivity index (χ4v) is 2.09. The molecule has 0 saturated carbocycles. The molecule has 2 heterocycles. The van der Waals surface area contributed by atoms with Crippen molar-refractivity contribution in [2.75, 3.05) is 33.5 Å². The van der Waals surface area contributed by atoms with E-state index >= 15 is 0 Å². The zero-order valence-electron chi connectivity index (χ0n) is 9.02. The quantitative estimate of drug-likeness (QED) is 0.654. The predicted octanol–water partition coefficient (Wildman–Crippen LogP) is -0.793. The molecule has 0 aromatic carbocycles. The van der Waals surface area contributed by atoms with Gasteiger partial charge in [0.15, 0.2) is 0 Å². The van der Waals surface area contributed by atoms with Crippen LogP contribution in [0.25, 0.3) is 0 Å². The lowest BCUT2D eigenvalue weighted by molar-refractivity contribution is -0.136. The highest BCUT2D eigenvalue weighted by atomic mass is 16.5. The molecular formula is C10H18N2O3. The van der Waals surface area contributed by atoms with E-state index in [0.717, 1.165) is 13.0 Å². The van der Waals surface area contributed by atoms with Crippen molar-refractivity contribution in [3.8, 4) is 0 Å². The third-order valence-corrected chi connectivity index (χ3v) is 3.24. The van der Waals surface area contributed by atoms with Gasteiger partial charge >= 0.3 is 0 Å². The average molecular weight is 214 g/mol. The summed E-state index contributed by atoms with van der Waals surface area (Å²) in [4.78, 5) is 13.8. The number of amides is 1. The van der Waals surface area contributed by atoms with Gasteiger partial charge in [0.2, 0.25) is 5.91 Å². The molecule has 0 aromatic heterocycles. The third-order valence-electron chi connectivity index (χ3n) is 3.24. The van der Waals surface area contributed by atoms with E-state index in [1.807, 2.05) is 7.05 Å². The van der Waals surface area contributed by atoms with Crippen molar-refractivity contribution >= 4 is 5.91 Å². The van der Waals surface area contributed by atoms with Gasteiger partial charge in [0.1, 0.15) is 0 Å². The van der Waals surface area contributed by atoms with Crippen LogP contribution in [0.3, 0.4) is 0 Å². The van der Waals surface area contributed by atoms with E-state index in [9.17, 15) is 4.79 Å². The molecule has 2 aliphatic heterocycles. The Hall–Kier alpha value is -0.650. The fourth-order valence-electron chi connectivity index (χ4n) is 2.09. The highest BCUT2D eigenvalue weighted by Crippen LogP contribution is 2.18. The lowest BCUT2D eigenvalue weighted by Crippen LogP contribution is -2.46. The smallest absolute Gasteiger partial charge is 0.229 e. The van der Waals surface area contributed by atoms with E-state index in [2.05, 4.69) is 0 Å². The van der Waals surface area contributed by atoms with Crippen LogP contribution in [-0.2, 0) is 14.3 Å². The van der Waals surface area contributed by atoms with E-state index in [-0.39, 0.29) is 23.9 Å². The van der Waals surface area contributed by atoms with Gasteiger partial charge in [-0.3, -0.25) is 4.79 Å². The second-order valence-electron chi connectivity index (χ2n) is 4.27. The van der Waals surface area contributed by atoms with E-state index in [0.29, 0.717) is 19.8 Å². The zero-order chi connectivity index (χ0) is 10.8. The number of rotatable bonds is 2. The number of carbonyl (C=O) groups excluding carboxylic acids is 1. The van der Waals surface area contributed by atoms with Gasteiger partial charge in [-0.05, 0) is 6.42 Å². The van der Waals surface area contributed by atoms with Gasteiger partial charge in [0.05, 0.1) is 31.8 Å². The third kappa shape index (κ3) is 2.14. The van der Waals surface area contributed by atoms with Crippen molar-refractivity contribution in [2.24, 2.45) is 11.7 Å².